The van der Waals surface area contributed by atoms with Crippen LogP contribution in [0.15, 0.2) is 18.2 Å². The average Bonchev–Trinajstić information content (AvgIpc) is 1.85. The van der Waals surface area contributed by atoms with E-state index >= 15 is 0 Å². The Balaban J connectivity index is 0. The Morgan fingerprint density at radius 2 is 1.42 bits per heavy atom. The van der Waals surface area contributed by atoms with Crippen LogP contribution in [0, 0.1) is 0 Å². The molecular formula is C6H9Cl2N2OTi. The minimum absolute atomic E-state index is 0. The van der Waals surface area contributed by atoms with Crippen LogP contribution in [0.5, 0.6) is 5.75 Å². The summed E-state index contributed by atoms with van der Waals surface area (Å²) < 4.78 is 4.92. The second-order valence-electron chi connectivity index (χ2n) is 1.94. The molecule has 0 saturated carbocycles. The molecule has 1 aromatic rings. The molecule has 0 unspecified atom stereocenters. The first kappa shape index (κ1) is 14.4. The second-order valence-corrected chi connectivity index (χ2v) is 2.26. The first-order valence-corrected chi connectivity index (χ1v) is 3.36. The van der Waals surface area contributed by atoms with E-state index < -0.39 is 0 Å². The molecule has 6 heteroatoms. The maximum absolute atomic E-state index is 5.48. The molecule has 1 rings (SSSR count). The molecule has 0 saturated heterocycles. The summed E-state index contributed by atoms with van der Waals surface area (Å²) in [6.45, 7) is 0. The molecule has 1 aromatic carbocycles. The fourth-order valence-electron chi connectivity index (χ4n) is 0.705. The number of nitrogen functional groups attached to an aromatic ring is 2. The van der Waals surface area contributed by atoms with Gasteiger partial charge in [0.1, 0.15) is 0 Å². The Hall–Kier alpha value is -0.0857. The molecule has 0 spiro atoms. The summed E-state index contributed by atoms with van der Waals surface area (Å²) in [6, 6.07) is 5.12. The zero-order chi connectivity index (χ0) is 7.56. The van der Waals surface area contributed by atoms with Crippen LogP contribution in [-0.2, 0) is 20.8 Å². The molecule has 0 radical (unpaired) electrons. The molecule has 0 aromatic heterocycles. The molecule has 0 fully saturated rings. The van der Waals surface area contributed by atoms with Gasteiger partial charge >= 0.3 is 70.9 Å². The van der Waals surface area contributed by atoms with Gasteiger partial charge in [0.15, 0.2) is 0 Å². The summed E-state index contributed by atoms with van der Waals surface area (Å²) in [4.78, 5) is 0. The molecule has 0 atom stereocenters. The predicted molar refractivity (Wildman–Crippen MR) is 50.4 cm³/mol. The Labute approximate surface area is 95.5 Å². The number of halogens is 2. The van der Waals surface area contributed by atoms with Crippen molar-refractivity contribution in [1.29, 1.82) is 0 Å². The SMILES string of the molecule is Cl.Cl.Nc1cc(N)cc([O][Ti])c1. The van der Waals surface area contributed by atoms with Crippen molar-refractivity contribution in [2.45, 2.75) is 0 Å². The van der Waals surface area contributed by atoms with Crippen molar-refractivity contribution in [3.63, 3.8) is 0 Å². The van der Waals surface area contributed by atoms with E-state index in [1.165, 1.54) is 0 Å². The topological polar surface area (TPSA) is 61.3 Å². The van der Waals surface area contributed by atoms with E-state index in [1.807, 2.05) is 0 Å². The van der Waals surface area contributed by atoms with Crippen LogP contribution in [0.3, 0.4) is 0 Å². The fourth-order valence-corrected chi connectivity index (χ4v) is 0.889. The molecule has 0 aliphatic carbocycles. The first-order valence-electron chi connectivity index (χ1n) is 2.72. The first-order chi connectivity index (χ1) is 4.72. The van der Waals surface area contributed by atoms with Gasteiger partial charge in [-0.3, -0.25) is 0 Å². The Bertz CT molecular complexity index is 227. The van der Waals surface area contributed by atoms with Crippen LogP contribution < -0.4 is 14.8 Å². The van der Waals surface area contributed by atoms with Crippen LogP contribution >= 0.6 is 24.8 Å². The summed E-state index contributed by atoms with van der Waals surface area (Å²) in [5, 5.41) is 0. The van der Waals surface area contributed by atoms with Crippen molar-refractivity contribution in [3.05, 3.63) is 18.2 Å². The van der Waals surface area contributed by atoms with Gasteiger partial charge < -0.3 is 0 Å². The Kier molecular flexibility index (Phi) is 7.74. The number of benzene rings is 1. The van der Waals surface area contributed by atoms with Crippen LogP contribution in [0.25, 0.3) is 0 Å². The van der Waals surface area contributed by atoms with Gasteiger partial charge in [-0.25, -0.2) is 0 Å². The summed E-state index contributed by atoms with van der Waals surface area (Å²) in [7, 11) is 0. The van der Waals surface area contributed by atoms with E-state index in [-0.39, 0.29) is 24.8 Å². The summed E-state index contributed by atoms with van der Waals surface area (Å²) in [6.07, 6.45) is 0. The molecule has 0 heterocycles. The molecule has 4 N–H and O–H groups in total. The van der Waals surface area contributed by atoms with Crippen molar-refractivity contribution in [3.8, 4) is 5.75 Å². The van der Waals surface area contributed by atoms with Crippen molar-refractivity contribution in [2.24, 2.45) is 0 Å². The zero-order valence-electron chi connectivity index (χ0n) is 6.11. The molecular weight excluding hydrogens is 235 g/mol. The standard InChI is InChI=1S/C6H8N2O.2ClH.Ti/c7-4-1-5(8)3-6(9)2-4;;;/h1-3,9H,7-8H2;2*1H;/q;;;+1/p-1. The predicted octanol–water partition coefficient (Wildman–Crippen LogP) is 1.54. The van der Waals surface area contributed by atoms with Crippen LogP contribution in [-0.4, -0.2) is 0 Å². The Morgan fingerprint density at radius 1 is 1.00 bits per heavy atom. The fraction of sp³-hybridized carbons (Fsp3) is 0. The number of anilines is 2. The van der Waals surface area contributed by atoms with Crippen LogP contribution in [0.4, 0.5) is 11.4 Å². The van der Waals surface area contributed by atoms with Crippen molar-refractivity contribution in [1.82, 2.24) is 0 Å². The zero-order valence-corrected chi connectivity index (χ0v) is 9.31. The molecule has 12 heavy (non-hydrogen) atoms. The van der Waals surface area contributed by atoms with Gasteiger partial charge in [-0.2, -0.15) is 0 Å². The number of rotatable bonds is 1. The molecule has 0 bridgehead atoms. The number of nitrogens with two attached hydrogens (primary N) is 2. The Morgan fingerprint density at radius 3 is 1.75 bits per heavy atom. The van der Waals surface area contributed by atoms with E-state index in [2.05, 4.69) is 0 Å². The minimum atomic E-state index is 0. The summed E-state index contributed by atoms with van der Waals surface area (Å²) in [5.41, 5.74) is 12.2. The van der Waals surface area contributed by atoms with Crippen molar-refractivity contribution in [2.75, 3.05) is 11.5 Å². The summed E-state index contributed by atoms with van der Waals surface area (Å²) in [5.74, 6) is 0.692. The van der Waals surface area contributed by atoms with Gasteiger partial charge in [0.05, 0.1) is 0 Å². The number of hydrogen-bond acceptors (Lipinski definition) is 3. The monoisotopic (exact) mass is 243 g/mol. The van der Waals surface area contributed by atoms with Crippen LogP contribution in [0.1, 0.15) is 0 Å². The molecule has 0 amide bonds. The quantitative estimate of drug-likeness (QED) is 0.581. The van der Waals surface area contributed by atoms with Crippen molar-refractivity contribution < 1.29 is 24.1 Å². The third-order valence-corrected chi connectivity index (χ3v) is 1.44. The van der Waals surface area contributed by atoms with Gasteiger partial charge in [0.2, 0.25) is 0 Å². The normalized spacial score (nSPS) is 7.58. The summed E-state index contributed by atoms with van der Waals surface area (Å²) >= 11 is 1.58. The third-order valence-electron chi connectivity index (χ3n) is 1.07. The van der Waals surface area contributed by atoms with Gasteiger partial charge in [0.25, 0.3) is 0 Å². The second kappa shape index (κ2) is 6.43. The third kappa shape index (κ3) is 4.07. The van der Waals surface area contributed by atoms with Gasteiger partial charge in [-0.05, 0) is 0 Å². The van der Waals surface area contributed by atoms with Crippen molar-refractivity contribution >= 4 is 36.2 Å². The van der Waals surface area contributed by atoms with Gasteiger partial charge in [-0.1, -0.05) is 0 Å². The molecule has 0 aliphatic rings. The average molecular weight is 244 g/mol. The van der Waals surface area contributed by atoms with E-state index in [1.54, 1.807) is 39.0 Å². The van der Waals surface area contributed by atoms with E-state index in [9.17, 15) is 0 Å². The van der Waals surface area contributed by atoms with E-state index in [0.717, 1.165) is 0 Å². The molecule has 0 aliphatic heterocycles. The maximum atomic E-state index is 5.48. The van der Waals surface area contributed by atoms with E-state index in [0.29, 0.717) is 17.1 Å². The molecule has 3 nitrogen and oxygen atoms in total. The molecule has 67 valence electrons. The van der Waals surface area contributed by atoms with Gasteiger partial charge in [-0.15, -0.1) is 24.8 Å². The number of hydrogen-bond donors (Lipinski definition) is 2. The van der Waals surface area contributed by atoms with E-state index in [4.69, 9.17) is 14.8 Å². The van der Waals surface area contributed by atoms with Crippen LogP contribution in [0.2, 0.25) is 0 Å². The van der Waals surface area contributed by atoms with Gasteiger partial charge in [0, 0.05) is 0 Å².